The number of benzene rings is 1. The molecule has 0 aliphatic heterocycles. The second kappa shape index (κ2) is 17.9. The van der Waals surface area contributed by atoms with Crippen LogP contribution in [0.2, 0.25) is 19.6 Å². The first-order valence-electron chi connectivity index (χ1n) is 7.39. The van der Waals surface area contributed by atoms with Crippen LogP contribution in [0.4, 0.5) is 0 Å². The zero-order valence-electron chi connectivity index (χ0n) is 17.0. The quantitative estimate of drug-likeness (QED) is 0.345. The van der Waals surface area contributed by atoms with Crippen LogP contribution in [-0.2, 0) is 32.5 Å². The molecule has 1 aliphatic rings. The van der Waals surface area contributed by atoms with Gasteiger partial charge in [0, 0.05) is 0 Å². The van der Waals surface area contributed by atoms with E-state index in [1.807, 2.05) is 6.08 Å². The van der Waals surface area contributed by atoms with E-state index in [2.05, 4.69) is 75.1 Å². The fourth-order valence-corrected chi connectivity index (χ4v) is 2.91. The van der Waals surface area contributed by atoms with Crippen molar-refractivity contribution in [3.05, 3.63) is 81.0 Å². The second-order valence-corrected chi connectivity index (χ2v) is 10.3. The summed E-state index contributed by atoms with van der Waals surface area (Å²) in [5, 5.41) is 2.66. The Hall–Kier alpha value is -0.193. The molecule has 0 unspecified atom stereocenters. The van der Waals surface area contributed by atoms with Crippen LogP contribution in [0.3, 0.4) is 0 Å². The number of ether oxygens (including phenoxy) is 1. The van der Waals surface area contributed by atoms with Crippen LogP contribution < -0.4 is 0 Å². The van der Waals surface area contributed by atoms with Crippen molar-refractivity contribution < 1.29 is 32.5 Å². The Kier molecular flexibility index (Phi) is 22.7. The molecule has 1 aliphatic carbocycles. The molecule has 27 heavy (non-hydrogen) atoms. The van der Waals surface area contributed by atoms with Gasteiger partial charge in [0.15, 0.2) is 0 Å². The van der Waals surface area contributed by atoms with Crippen LogP contribution in [0.25, 0.3) is 10.8 Å². The number of rotatable bonds is 3. The molecule has 0 fully saturated rings. The topological polar surface area (TPSA) is 18.5 Å². The summed E-state index contributed by atoms with van der Waals surface area (Å²) in [6.07, 6.45) is 5.90. The number of halogens is 2. The maximum atomic E-state index is 5.78. The Morgan fingerprint density at radius 1 is 1.07 bits per heavy atom. The van der Waals surface area contributed by atoms with E-state index in [4.69, 9.17) is 9.16 Å². The van der Waals surface area contributed by atoms with Crippen LogP contribution in [0.15, 0.2) is 60.1 Å². The maximum absolute atomic E-state index is 5.78. The molecule has 3 rings (SSSR count). The summed E-state index contributed by atoms with van der Waals surface area (Å²) in [4.78, 5) is 0. The molecule has 152 valence electrons. The smallest absolute Gasteiger partial charge is 0.0809 e. The molecular formula is C20H30Cl2O2Si2Zr-4. The first-order valence-corrected chi connectivity index (χ1v) is 15.0. The van der Waals surface area contributed by atoms with Crippen LogP contribution in [0, 0.1) is 20.9 Å². The molecular weight excluding hydrogens is 491 g/mol. The van der Waals surface area contributed by atoms with Crippen molar-refractivity contribution in [3.8, 4) is 0 Å². The van der Waals surface area contributed by atoms with Crippen LogP contribution in [0.1, 0.15) is 6.42 Å². The van der Waals surface area contributed by atoms with E-state index in [1.54, 1.807) is 7.11 Å². The molecule has 0 saturated heterocycles. The van der Waals surface area contributed by atoms with Gasteiger partial charge in [-0.2, -0.15) is 17.5 Å². The van der Waals surface area contributed by atoms with Crippen molar-refractivity contribution in [1.82, 2.24) is 0 Å². The third-order valence-electron chi connectivity index (χ3n) is 2.94. The van der Waals surface area contributed by atoms with Gasteiger partial charge in [-0.25, -0.2) is 6.08 Å². The molecule has 0 N–H and O–H groups in total. The van der Waals surface area contributed by atoms with Crippen LogP contribution in [0.5, 0.6) is 0 Å². The van der Waals surface area contributed by atoms with Gasteiger partial charge in [-0.1, -0.05) is 6.07 Å². The van der Waals surface area contributed by atoms with E-state index in [-0.39, 0.29) is 39.7 Å². The third-order valence-corrected chi connectivity index (χ3v) is 3.77. The Labute approximate surface area is 196 Å². The van der Waals surface area contributed by atoms with Crippen molar-refractivity contribution in [3.63, 3.8) is 0 Å². The van der Waals surface area contributed by atoms with E-state index in [0.717, 1.165) is 17.9 Å². The van der Waals surface area contributed by atoms with Crippen molar-refractivity contribution in [2.45, 2.75) is 26.1 Å². The van der Waals surface area contributed by atoms with Crippen LogP contribution in [-0.4, -0.2) is 22.3 Å². The van der Waals surface area contributed by atoms with Gasteiger partial charge in [0.05, 0.1) is 7.11 Å². The Morgan fingerprint density at radius 2 is 1.67 bits per heavy atom. The zero-order chi connectivity index (χ0) is 17.3. The number of hydrogen-bond donors (Lipinski definition) is 0. The van der Waals surface area contributed by atoms with E-state index >= 15 is 0 Å². The minimum Gasteiger partial charge on any atom is -0.168 e. The molecule has 0 atom stereocenters. The van der Waals surface area contributed by atoms with E-state index < -0.39 is 8.32 Å². The third kappa shape index (κ3) is 12.8. The molecule has 2 aromatic rings. The monoisotopic (exact) mass is 518 g/mol. The summed E-state index contributed by atoms with van der Waals surface area (Å²) in [6, 6.07) is 14.7. The molecule has 7 heteroatoms. The standard InChI is InChI=1S/C9H15O2Si.C9H7.2CH3.2ClH.Si.Zr/c1-10-8-6-5-7-9(8)11-12(2,3)4;1-2-5-9-7-3-6-8(9)4-1;;;;;;/h7H,5H2,1-4H3;1-7H;2*1H3;2*1H;;/q4*-1;;;;. The summed E-state index contributed by atoms with van der Waals surface area (Å²) in [5.74, 6) is 1.63. The maximum Gasteiger partial charge on any atom is -0.0809 e. The van der Waals surface area contributed by atoms with Gasteiger partial charge in [0.25, 0.3) is 0 Å². The minimum atomic E-state index is -1.49. The summed E-state index contributed by atoms with van der Waals surface area (Å²) in [7, 11) is 0.158. The summed E-state index contributed by atoms with van der Waals surface area (Å²) in [6.45, 7) is 9.52. The molecule has 0 saturated carbocycles. The molecule has 0 aromatic heterocycles. The van der Waals surface area contributed by atoms with E-state index in [1.165, 1.54) is 34.1 Å². The van der Waals surface area contributed by atoms with Crippen molar-refractivity contribution in [2.75, 3.05) is 7.11 Å². The predicted molar refractivity (Wildman–Crippen MR) is 124 cm³/mol. The fraction of sp³-hybridized carbons (Fsp3) is 0.250. The Morgan fingerprint density at radius 3 is 2.19 bits per heavy atom. The number of methoxy groups -OCH3 is 1. The van der Waals surface area contributed by atoms with Crippen molar-refractivity contribution >= 4 is 50.8 Å². The number of hydrogen-bond acceptors (Lipinski definition) is 2. The molecule has 2 radical (unpaired) electrons. The molecule has 0 amide bonds. The van der Waals surface area contributed by atoms with Gasteiger partial charge in [0.2, 0.25) is 8.32 Å². The predicted octanol–water partition coefficient (Wildman–Crippen LogP) is 6.38. The molecule has 0 heterocycles. The number of fused-ring (bicyclic) bond motifs is 1. The van der Waals surface area contributed by atoms with Gasteiger partial charge in [-0.05, 0) is 31.2 Å². The molecule has 2 nitrogen and oxygen atoms in total. The number of allylic oxidation sites excluding steroid dienone is 2. The van der Waals surface area contributed by atoms with Crippen molar-refractivity contribution in [2.24, 2.45) is 0 Å². The van der Waals surface area contributed by atoms with Gasteiger partial charge < -0.3 is 24.0 Å². The Bertz CT molecular complexity index is 650. The summed E-state index contributed by atoms with van der Waals surface area (Å²) >= 11 is 1.36. The van der Waals surface area contributed by atoms with Gasteiger partial charge in [0.1, 0.15) is 0 Å². The normalized spacial score (nSPS) is 11.1. The van der Waals surface area contributed by atoms with Crippen LogP contribution >= 0.6 is 24.8 Å². The average molecular weight is 521 g/mol. The first kappa shape index (κ1) is 34.3. The summed E-state index contributed by atoms with van der Waals surface area (Å²) in [5.41, 5.74) is 0. The fourth-order valence-electron chi connectivity index (χ4n) is 2.08. The Balaban J connectivity index is -0.000000160. The second-order valence-electron chi connectivity index (χ2n) is 5.85. The van der Waals surface area contributed by atoms with Crippen molar-refractivity contribution in [1.29, 1.82) is 0 Å². The zero-order valence-corrected chi connectivity index (χ0v) is 23.0. The van der Waals surface area contributed by atoms with E-state index in [0.29, 0.717) is 0 Å². The molecule has 2 aromatic carbocycles. The van der Waals surface area contributed by atoms with Gasteiger partial charge in [-0.15, -0.1) is 67.0 Å². The van der Waals surface area contributed by atoms with Gasteiger partial charge in [-0.3, -0.25) is 0 Å². The summed E-state index contributed by atoms with van der Waals surface area (Å²) < 4.78 is 10.9. The SMILES string of the molecule is COC1=[C-]CC=C1O[Si](C)(C)C.Cl.Cl.[CH3-].[CH3-].[Si]=[Zr].c1ccc2[cH-]ccc2c1. The molecule has 0 spiro atoms. The largest absolute Gasteiger partial charge is 0.168 e. The minimum absolute atomic E-state index is 0. The van der Waals surface area contributed by atoms with Gasteiger partial charge >= 0.3 is 30.2 Å². The molecule has 0 bridgehead atoms. The average Bonchev–Trinajstić information content (AvgIpc) is 3.16. The van der Waals surface area contributed by atoms with E-state index in [9.17, 15) is 0 Å². The first-order chi connectivity index (χ1) is 11.0.